The molecular formula is C17H16ClN3O2. The van der Waals surface area contributed by atoms with Gasteiger partial charge in [0.2, 0.25) is 11.8 Å². The van der Waals surface area contributed by atoms with E-state index in [0.717, 1.165) is 21.9 Å². The van der Waals surface area contributed by atoms with E-state index in [9.17, 15) is 0 Å². The van der Waals surface area contributed by atoms with Crippen LogP contribution in [0.2, 0.25) is 5.02 Å². The number of ether oxygens (including phenoxy) is 1. The van der Waals surface area contributed by atoms with Crippen LogP contribution >= 0.6 is 11.6 Å². The van der Waals surface area contributed by atoms with Crippen molar-refractivity contribution < 1.29 is 9.15 Å². The van der Waals surface area contributed by atoms with E-state index in [1.807, 2.05) is 48.5 Å². The summed E-state index contributed by atoms with van der Waals surface area (Å²) in [5.41, 5.74) is 1.97. The minimum absolute atomic E-state index is 0.479. The van der Waals surface area contributed by atoms with Gasteiger partial charge in [-0.05, 0) is 35.9 Å². The summed E-state index contributed by atoms with van der Waals surface area (Å²) in [5.74, 6) is 1.77. The first-order valence-electron chi connectivity index (χ1n) is 7.16. The Kier molecular flexibility index (Phi) is 4.90. The van der Waals surface area contributed by atoms with Gasteiger partial charge in [0.1, 0.15) is 5.75 Å². The molecule has 0 amide bonds. The normalized spacial score (nSPS) is 10.7. The number of methoxy groups -OCH3 is 1. The van der Waals surface area contributed by atoms with E-state index >= 15 is 0 Å². The average Bonchev–Trinajstić information content (AvgIpc) is 3.06. The van der Waals surface area contributed by atoms with Crippen molar-refractivity contribution in [3.05, 3.63) is 65.0 Å². The Balaban J connectivity index is 1.59. The summed E-state index contributed by atoms with van der Waals surface area (Å²) in [5, 5.41) is 12.1. The lowest BCUT2D eigenvalue weighted by Crippen LogP contribution is -2.12. The largest absolute Gasteiger partial charge is 0.497 e. The highest BCUT2D eigenvalue weighted by atomic mass is 35.5. The van der Waals surface area contributed by atoms with Gasteiger partial charge in [0.25, 0.3) is 0 Å². The van der Waals surface area contributed by atoms with Crippen molar-refractivity contribution in [2.45, 2.75) is 13.1 Å². The molecule has 1 heterocycles. The molecular weight excluding hydrogens is 314 g/mol. The number of rotatable bonds is 6. The summed E-state index contributed by atoms with van der Waals surface area (Å²) in [4.78, 5) is 0. The van der Waals surface area contributed by atoms with Gasteiger partial charge in [-0.25, -0.2) is 0 Å². The van der Waals surface area contributed by atoms with E-state index in [1.165, 1.54) is 0 Å². The molecule has 0 aliphatic rings. The lowest BCUT2D eigenvalue weighted by Gasteiger charge is -2.02. The third-order valence-electron chi connectivity index (χ3n) is 3.30. The molecule has 23 heavy (non-hydrogen) atoms. The van der Waals surface area contributed by atoms with Crippen molar-refractivity contribution in [3.8, 4) is 17.2 Å². The van der Waals surface area contributed by atoms with Gasteiger partial charge in [0, 0.05) is 17.1 Å². The van der Waals surface area contributed by atoms with Crippen LogP contribution in [0.15, 0.2) is 52.9 Å². The Morgan fingerprint density at radius 2 is 1.91 bits per heavy atom. The molecule has 3 rings (SSSR count). The van der Waals surface area contributed by atoms with Crippen LogP contribution in [0.3, 0.4) is 0 Å². The standard InChI is InChI=1S/C17H16ClN3O2/c1-22-15-4-2-3-13(9-15)17-21-20-16(23-17)11-19-10-12-5-7-14(18)8-6-12/h2-9,19H,10-11H2,1H3. The van der Waals surface area contributed by atoms with Gasteiger partial charge in [-0.3, -0.25) is 0 Å². The number of benzene rings is 2. The molecule has 3 aromatic rings. The maximum absolute atomic E-state index is 5.86. The van der Waals surface area contributed by atoms with Gasteiger partial charge < -0.3 is 14.5 Å². The number of nitrogens with one attached hydrogen (secondary N) is 1. The second kappa shape index (κ2) is 7.26. The minimum atomic E-state index is 0.479. The number of halogens is 1. The van der Waals surface area contributed by atoms with Gasteiger partial charge in [-0.1, -0.05) is 29.8 Å². The Bertz CT molecular complexity index is 772. The highest BCUT2D eigenvalue weighted by Gasteiger charge is 2.09. The summed E-state index contributed by atoms with van der Waals surface area (Å²) < 4.78 is 10.9. The predicted octanol–water partition coefficient (Wildman–Crippen LogP) is 3.69. The van der Waals surface area contributed by atoms with Crippen LogP contribution < -0.4 is 10.1 Å². The van der Waals surface area contributed by atoms with Crippen molar-refractivity contribution >= 4 is 11.6 Å². The molecule has 118 valence electrons. The molecule has 0 spiro atoms. The molecule has 0 fully saturated rings. The third-order valence-corrected chi connectivity index (χ3v) is 3.55. The Morgan fingerprint density at radius 1 is 1.09 bits per heavy atom. The maximum Gasteiger partial charge on any atom is 0.247 e. The van der Waals surface area contributed by atoms with Crippen molar-refractivity contribution in [2.75, 3.05) is 7.11 Å². The van der Waals surface area contributed by atoms with E-state index in [1.54, 1.807) is 7.11 Å². The van der Waals surface area contributed by atoms with Crippen molar-refractivity contribution in [1.82, 2.24) is 15.5 Å². The molecule has 0 aliphatic heterocycles. The zero-order valence-electron chi connectivity index (χ0n) is 12.6. The van der Waals surface area contributed by atoms with Gasteiger partial charge in [-0.15, -0.1) is 10.2 Å². The van der Waals surface area contributed by atoms with E-state index in [4.69, 9.17) is 20.8 Å². The summed E-state index contributed by atoms with van der Waals surface area (Å²) >= 11 is 5.86. The first kappa shape index (κ1) is 15.5. The van der Waals surface area contributed by atoms with Gasteiger partial charge >= 0.3 is 0 Å². The number of nitrogens with zero attached hydrogens (tertiary/aromatic N) is 2. The summed E-state index contributed by atoms with van der Waals surface area (Å²) in [6, 6.07) is 15.2. The molecule has 0 unspecified atom stereocenters. The molecule has 0 radical (unpaired) electrons. The highest BCUT2D eigenvalue weighted by molar-refractivity contribution is 6.30. The van der Waals surface area contributed by atoms with Crippen LogP contribution in [0.25, 0.3) is 11.5 Å². The summed E-state index contributed by atoms with van der Waals surface area (Å²) in [6.45, 7) is 1.20. The molecule has 0 atom stereocenters. The van der Waals surface area contributed by atoms with E-state index < -0.39 is 0 Å². The monoisotopic (exact) mass is 329 g/mol. The average molecular weight is 330 g/mol. The summed E-state index contributed by atoms with van der Waals surface area (Å²) in [7, 11) is 1.62. The Morgan fingerprint density at radius 3 is 2.70 bits per heavy atom. The molecule has 1 aromatic heterocycles. The predicted molar refractivity (Wildman–Crippen MR) is 88.3 cm³/mol. The van der Waals surface area contributed by atoms with Crippen LogP contribution in [-0.2, 0) is 13.1 Å². The van der Waals surface area contributed by atoms with Crippen LogP contribution in [0.4, 0.5) is 0 Å². The SMILES string of the molecule is COc1cccc(-c2nnc(CNCc3ccc(Cl)cc3)o2)c1. The van der Waals surface area contributed by atoms with Crippen LogP contribution in [0.5, 0.6) is 5.75 Å². The van der Waals surface area contributed by atoms with E-state index in [0.29, 0.717) is 24.9 Å². The number of hydrogen-bond acceptors (Lipinski definition) is 5. The Labute approximate surface area is 139 Å². The smallest absolute Gasteiger partial charge is 0.247 e. The van der Waals surface area contributed by atoms with Crippen molar-refractivity contribution in [2.24, 2.45) is 0 Å². The highest BCUT2D eigenvalue weighted by Crippen LogP contribution is 2.22. The first-order chi connectivity index (χ1) is 11.2. The zero-order valence-corrected chi connectivity index (χ0v) is 13.4. The van der Waals surface area contributed by atoms with Gasteiger partial charge in [-0.2, -0.15) is 0 Å². The second-order valence-corrected chi connectivity index (χ2v) is 5.40. The van der Waals surface area contributed by atoms with Crippen LogP contribution in [-0.4, -0.2) is 17.3 Å². The molecule has 0 saturated heterocycles. The van der Waals surface area contributed by atoms with Crippen LogP contribution in [0.1, 0.15) is 11.5 Å². The third kappa shape index (κ3) is 4.09. The maximum atomic E-state index is 5.86. The van der Waals surface area contributed by atoms with Gasteiger partial charge in [0.15, 0.2) is 0 Å². The number of aromatic nitrogens is 2. The first-order valence-corrected chi connectivity index (χ1v) is 7.54. The quantitative estimate of drug-likeness (QED) is 0.747. The Hall–Kier alpha value is -2.37. The van der Waals surface area contributed by atoms with Crippen molar-refractivity contribution in [1.29, 1.82) is 0 Å². The fourth-order valence-electron chi connectivity index (χ4n) is 2.11. The molecule has 0 bridgehead atoms. The molecule has 0 aliphatic carbocycles. The second-order valence-electron chi connectivity index (χ2n) is 4.96. The lowest BCUT2D eigenvalue weighted by molar-refractivity contribution is 0.414. The topological polar surface area (TPSA) is 60.2 Å². The minimum Gasteiger partial charge on any atom is -0.497 e. The molecule has 6 heteroatoms. The van der Waals surface area contributed by atoms with E-state index in [-0.39, 0.29) is 0 Å². The molecule has 2 aromatic carbocycles. The van der Waals surface area contributed by atoms with E-state index in [2.05, 4.69) is 15.5 Å². The lowest BCUT2D eigenvalue weighted by atomic mass is 10.2. The number of hydrogen-bond donors (Lipinski definition) is 1. The fraction of sp³-hybridized carbons (Fsp3) is 0.176. The van der Waals surface area contributed by atoms with Crippen LogP contribution in [0, 0.1) is 0 Å². The fourth-order valence-corrected chi connectivity index (χ4v) is 2.24. The molecule has 0 saturated carbocycles. The zero-order chi connectivity index (χ0) is 16.1. The molecule has 1 N–H and O–H groups in total. The van der Waals surface area contributed by atoms with Crippen molar-refractivity contribution in [3.63, 3.8) is 0 Å². The van der Waals surface area contributed by atoms with Gasteiger partial charge in [0.05, 0.1) is 13.7 Å². The molecule has 5 nitrogen and oxygen atoms in total. The summed E-state index contributed by atoms with van der Waals surface area (Å²) in [6.07, 6.45) is 0.